The number of esters is 2. The summed E-state index contributed by atoms with van der Waals surface area (Å²) in [6, 6.07) is 0. The molecule has 0 rings (SSSR count). The van der Waals surface area contributed by atoms with E-state index in [-0.39, 0.29) is 18.3 Å². The highest BCUT2D eigenvalue weighted by Gasteiger charge is 2.12. The third-order valence-corrected chi connectivity index (χ3v) is 2.72. The van der Waals surface area contributed by atoms with Gasteiger partial charge in [-0.15, -0.1) is 0 Å². The summed E-state index contributed by atoms with van der Waals surface area (Å²) in [4.78, 5) is 22.5. The molecule has 0 aliphatic rings. The summed E-state index contributed by atoms with van der Waals surface area (Å²) in [6.45, 7) is 8.66. The molecule has 19 heavy (non-hydrogen) atoms. The van der Waals surface area contributed by atoms with Crippen LogP contribution in [0.2, 0.25) is 0 Å². The van der Waals surface area contributed by atoms with E-state index in [0.717, 1.165) is 12.8 Å². The van der Waals surface area contributed by atoms with Gasteiger partial charge in [0.2, 0.25) is 0 Å². The van der Waals surface area contributed by atoms with Crippen molar-refractivity contribution >= 4 is 11.9 Å². The van der Waals surface area contributed by atoms with Crippen LogP contribution in [0.4, 0.5) is 0 Å². The monoisotopic (exact) mass is 270 g/mol. The molecular formula is C15H26O4. The van der Waals surface area contributed by atoms with Crippen LogP contribution < -0.4 is 0 Å². The van der Waals surface area contributed by atoms with Crippen LogP contribution >= 0.6 is 0 Å². The molecular weight excluding hydrogens is 244 g/mol. The SMILES string of the molecule is C=C(C)C(=O)OCC(=O)OC(C)CCCCCCC. The molecule has 0 N–H and O–H groups in total. The predicted octanol–water partition coefficient (Wildman–Crippen LogP) is 3.40. The smallest absolute Gasteiger partial charge is 0.344 e. The third kappa shape index (κ3) is 10.3. The molecule has 0 fully saturated rings. The summed E-state index contributed by atoms with van der Waals surface area (Å²) >= 11 is 0. The minimum absolute atomic E-state index is 0.127. The summed E-state index contributed by atoms with van der Waals surface area (Å²) < 4.78 is 9.85. The molecule has 4 nitrogen and oxygen atoms in total. The molecule has 1 atom stereocenters. The molecule has 0 amide bonds. The number of unbranched alkanes of at least 4 members (excludes halogenated alkanes) is 4. The van der Waals surface area contributed by atoms with Crippen molar-refractivity contribution in [2.24, 2.45) is 0 Å². The standard InChI is InChI=1S/C15H26O4/c1-5-6-7-8-9-10-13(4)19-14(16)11-18-15(17)12(2)3/h13H,2,5-11H2,1,3-4H3. The number of rotatable bonds is 10. The van der Waals surface area contributed by atoms with Crippen molar-refractivity contribution in [2.45, 2.75) is 65.4 Å². The molecule has 1 unspecified atom stereocenters. The fourth-order valence-electron chi connectivity index (χ4n) is 1.60. The number of hydrogen-bond donors (Lipinski definition) is 0. The molecule has 0 saturated heterocycles. The van der Waals surface area contributed by atoms with Gasteiger partial charge in [-0.3, -0.25) is 0 Å². The van der Waals surface area contributed by atoms with Gasteiger partial charge in [-0.2, -0.15) is 0 Å². The van der Waals surface area contributed by atoms with Gasteiger partial charge in [0.25, 0.3) is 0 Å². The summed E-state index contributed by atoms with van der Waals surface area (Å²) in [7, 11) is 0. The van der Waals surface area contributed by atoms with Gasteiger partial charge in [-0.05, 0) is 26.7 Å². The van der Waals surface area contributed by atoms with E-state index in [0.29, 0.717) is 0 Å². The third-order valence-electron chi connectivity index (χ3n) is 2.72. The van der Waals surface area contributed by atoms with Gasteiger partial charge in [0.1, 0.15) is 0 Å². The highest BCUT2D eigenvalue weighted by Crippen LogP contribution is 2.09. The molecule has 0 aromatic carbocycles. The minimum atomic E-state index is -0.566. The van der Waals surface area contributed by atoms with E-state index in [2.05, 4.69) is 13.5 Å². The van der Waals surface area contributed by atoms with Crippen LogP contribution in [0.5, 0.6) is 0 Å². The van der Waals surface area contributed by atoms with Gasteiger partial charge in [0.05, 0.1) is 6.10 Å². The zero-order valence-electron chi connectivity index (χ0n) is 12.4. The summed E-state index contributed by atoms with van der Waals surface area (Å²) in [6.07, 6.45) is 6.65. The van der Waals surface area contributed by atoms with Crippen molar-refractivity contribution < 1.29 is 19.1 Å². The van der Waals surface area contributed by atoms with E-state index in [9.17, 15) is 9.59 Å². The Morgan fingerprint density at radius 2 is 1.79 bits per heavy atom. The maximum atomic E-state index is 11.4. The fraction of sp³-hybridized carbons (Fsp3) is 0.733. The van der Waals surface area contributed by atoms with Gasteiger partial charge < -0.3 is 9.47 Å². The quantitative estimate of drug-likeness (QED) is 0.347. The largest absolute Gasteiger partial charge is 0.460 e. The van der Waals surface area contributed by atoms with Gasteiger partial charge >= 0.3 is 11.9 Å². The normalized spacial score (nSPS) is 11.7. The van der Waals surface area contributed by atoms with E-state index in [4.69, 9.17) is 9.47 Å². The Hall–Kier alpha value is -1.32. The van der Waals surface area contributed by atoms with E-state index in [1.54, 1.807) is 0 Å². The summed E-state index contributed by atoms with van der Waals surface area (Å²) in [5.41, 5.74) is 0.275. The van der Waals surface area contributed by atoms with Crippen molar-refractivity contribution in [3.63, 3.8) is 0 Å². The molecule has 0 radical (unpaired) electrons. The molecule has 0 aliphatic heterocycles. The molecule has 0 aromatic heterocycles. The Labute approximate surface area is 116 Å². The lowest BCUT2D eigenvalue weighted by atomic mass is 10.1. The predicted molar refractivity (Wildman–Crippen MR) is 74.7 cm³/mol. The van der Waals surface area contributed by atoms with Gasteiger partial charge in [0, 0.05) is 5.57 Å². The number of carbonyl (C=O) groups is 2. The van der Waals surface area contributed by atoms with Crippen molar-refractivity contribution in [3.05, 3.63) is 12.2 Å². The second kappa shape index (κ2) is 10.6. The van der Waals surface area contributed by atoms with Gasteiger partial charge in [-0.25, -0.2) is 9.59 Å². The number of ether oxygens (including phenoxy) is 2. The lowest BCUT2D eigenvalue weighted by Crippen LogP contribution is -2.21. The number of hydrogen-bond acceptors (Lipinski definition) is 4. The van der Waals surface area contributed by atoms with E-state index < -0.39 is 11.9 Å². The van der Waals surface area contributed by atoms with Crippen LogP contribution in [0.25, 0.3) is 0 Å². The second-order valence-corrected chi connectivity index (χ2v) is 4.86. The van der Waals surface area contributed by atoms with Crippen LogP contribution in [-0.2, 0) is 19.1 Å². The van der Waals surface area contributed by atoms with Crippen molar-refractivity contribution in [2.75, 3.05) is 6.61 Å². The number of carbonyl (C=O) groups excluding carboxylic acids is 2. The van der Waals surface area contributed by atoms with Crippen molar-refractivity contribution in [1.29, 1.82) is 0 Å². The van der Waals surface area contributed by atoms with Crippen molar-refractivity contribution in [1.82, 2.24) is 0 Å². The first kappa shape index (κ1) is 17.7. The van der Waals surface area contributed by atoms with Crippen LogP contribution in [-0.4, -0.2) is 24.6 Å². The lowest BCUT2D eigenvalue weighted by Gasteiger charge is -2.13. The first-order valence-electron chi connectivity index (χ1n) is 6.99. The lowest BCUT2D eigenvalue weighted by molar-refractivity contribution is -0.160. The van der Waals surface area contributed by atoms with Crippen molar-refractivity contribution in [3.8, 4) is 0 Å². The zero-order chi connectivity index (χ0) is 14.7. The van der Waals surface area contributed by atoms with E-state index in [1.807, 2.05) is 6.92 Å². The maximum absolute atomic E-state index is 11.4. The Balaban J connectivity index is 3.63. The Morgan fingerprint density at radius 1 is 1.16 bits per heavy atom. The average Bonchev–Trinajstić information content (AvgIpc) is 2.35. The molecule has 0 heterocycles. The van der Waals surface area contributed by atoms with Gasteiger partial charge in [-0.1, -0.05) is 39.2 Å². The Bertz CT molecular complexity index is 297. The first-order chi connectivity index (χ1) is 8.97. The molecule has 4 heteroatoms. The Kier molecular flexibility index (Phi) is 9.85. The van der Waals surface area contributed by atoms with E-state index >= 15 is 0 Å². The topological polar surface area (TPSA) is 52.6 Å². The van der Waals surface area contributed by atoms with Gasteiger partial charge in [0.15, 0.2) is 6.61 Å². The van der Waals surface area contributed by atoms with E-state index in [1.165, 1.54) is 32.6 Å². The fourth-order valence-corrected chi connectivity index (χ4v) is 1.60. The van der Waals surface area contributed by atoms with Crippen LogP contribution in [0.3, 0.4) is 0 Å². The Morgan fingerprint density at radius 3 is 2.37 bits per heavy atom. The van der Waals surface area contributed by atoms with Crippen LogP contribution in [0.15, 0.2) is 12.2 Å². The maximum Gasteiger partial charge on any atom is 0.344 e. The highest BCUT2D eigenvalue weighted by atomic mass is 16.6. The summed E-state index contributed by atoms with van der Waals surface area (Å²) in [5, 5.41) is 0. The highest BCUT2D eigenvalue weighted by molar-refractivity contribution is 5.88. The van der Waals surface area contributed by atoms with Crippen LogP contribution in [0, 0.1) is 0 Å². The molecule has 0 aromatic rings. The zero-order valence-corrected chi connectivity index (χ0v) is 12.4. The molecule has 0 bridgehead atoms. The molecule has 0 spiro atoms. The minimum Gasteiger partial charge on any atom is -0.460 e. The average molecular weight is 270 g/mol. The first-order valence-corrected chi connectivity index (χ1v) is 6.99. The summed E-state index contributed by atoms with van der Waals surface area (Å²) in [5.74, 6) is -1.07. The second-order valence-electron chi connectivity index (χ2n) is 4.86. The molecule has 110 valence electrons. The molecule has 0 saturated carbocycles. The van der Waals surface area contributed by atoms with Crippen LogP contribution in [0.1, 0.15) is 59.3 Å². The molecule has 0 aliphatic carbocycles.